The second-order valence-corrected chi connectivity index (χ2v) is 5.50. The summed E-state index contributed by atoms with van der Waals surface area (Å²) in [5.41, 5.74) is 10.4. The van der Waals surface area contributed by atoms with Gasteiger partial charge in [-0.3, -0.25) is 4.79 Å². The molecule has 2 aromatic rings. The van der Waals surface area contributed by atoms with Crippen LogP contribution in [0.25, 0.3) is 10.1 Å². The molecule has 4 nitrogen and oxygen atoms in total. The summed E-state index contributed by atoms with van der Waals surface area (Å²) in [6.07, 6.45) is -3.82. The van der Waals surface area contributed by atoms with E-state index < -0.39 is 17.6 Å². The highest BCUT2D eigenvalue weighted by Gasteiger charge is 2.31. The lowest BCUT2D eigenvalue weighted by Gasteiger charge is -2.06. The van der Waals surface area contributed by atoms with Crippen LogP contribution in [0.3, 0.4) is 0 Å². The number of fused-ring (bicyclic) bond motifs is 1. The third-order valence-electron chi connectivity index (χ3n) is 2.93. The minimum absolute atomic E-state index is 0.0753. The van der Waals surface area contributed by atoms with Gasteiger partial charge in [0.15, 0.2) is 0 Å². The predicted molar refractivity (Wildman–Crippen MR) is 77.2 cm³/mol. The molecule has 0 aliphatic carbocycles. The van der Waals surface area contributed by atoms with Crippen LogP contribution in [0.5, 0.6) is 0 Å². The predicted octanol–water partition coefficient (Wildman–Crippen LogP) is 2.58. The lowest BCUT2D eigenvalue weighted by molar-refractivity contribution is -0.137. The Bertz CT molecular complexity index is 666. The van der Waals surface area contributed by atoms with E-state index in [9.17, 15) is 18.0 Å². The molecule has 1 aromatic carbocycles. The van der Waals surface area contributed by atoms with Crippen LogP contribution in [-0.2, 0) is 6.18 Å². The van der Waals surface area contributed by atoms with Crippen molar-refractivity contribution in [2.75, 3.05) is 18.8 Å². The van der Waals surface area contributed by atoms with Crippen LogP contribution < -0.4 is 16.8 Å². The summed E-state index contributed by atoms with van der Waals surface area (Å²) in [6.45, 7) is 0.841. The van der Waals surface area contributed by atoms with Crippen LogP contribution in [0.1, 0.15) is 21.7 Å². The van der Waals surface area contributed by atoms with Crippen LogP contribution in [0.4, 0.5) is 18.9 Å². The lowest BCUT2D eigenvalue weighted by atomic mass is 10.1. The molecule has 5 N–H and O–H groups in total. The number of hydrogen-bond acceptors (Lipinski definition) is 4. The number of rotatable bonds is 4. The molecular formula is C13H14F3N3OS. The normalized spacial score (nSPS) is 11.8. The van der Waals surface area contributed by atoms with E-state index in [4.69, 9.17) is 11.5 Å². The summed E-state index contributed by atoms with van der Waals surface area (Å²) in [6, 6.07) is 3.28. The number of nitrogens with one attached hydrogen (secondary N) is 1. The van der Waals surface area contributed by atoms with Gasteiger partial charge in [0.25, 0.3) is 5.91 Å². The second-order valence-electron chi connectivity index (χ2n) is 4.45. The Morgan fingerprint density at radius 2 is 2.05 bits per heavy atom. The van der Waals surface area contributed by atoms with Crippen molar-refractivity contribution < 1.29 is 18.0 Å². The number of carbonyl (C=O) groups is 1. The van der Waals surface area contributed by atoms with Crippen molar-refractivity contribution in [3.63, 3.8) is 0 Å². The van der Waals surface area contributed by atoms with E-state index in [0.717, 1.165) is 23.5 Å². The van der Waals surface area contributed by atoms with Gasteiger partial charge in [-0.15, -0.1) is 11.3 Å². The molecule has 0 unspecified atom stereocenters. The maximum atomic E-state index is 12.7. The third kappa shape index (κ3) is 3.27. The number of hydrogen-bond donors (Lipinski definition) is 3. The van der Waals surface area contributed by atoms with Crippen molar-refractivity contribution in [3.05, 3.63) is 28.6 Å². The molecule has 0 bridgehead atoms. The van der Waals surface area contributed by atoms with E-state index in [1.165, 1.54) is 6.07 Å². The van der Waals surface area contributed by atoms with E-state index in [-0.39, 0.29) is 16.0 Å². The number of anilines is 1. The topological polar surface area (TPSA) is 81.1 Å². The highest BCUT2D eigenvalue weighted by molar-refractivity contribution is 7.21. The minimum Gasteiger partial charge on any atom is -0.397 e. The summed E-state index contributed by atoms with van der Waals surface area (Å²) in [4.78, 5) is 12.2. The van der Waals surface area contributed by atoms with Gasteiger partial charge >= 0.3 is 6.18 Å². The molecule has 0 aliphatic heterocycles. The minimum atomic E-state index is -4.44. The van der Waals surface area contributed by atoms with Gasteiger partial charge in [-0.2, -0.15) is 13.2 Å². The Morgan fingerprint density at radius 1 is 1.33 bits per heavy atom. The Hall–Kier alpha value is -1.80. The summed E-state index contributed by atoms with van der Waals surface area (Å²) < 4.78 is 38.6. The number of carbonyl (C=O) groups excluding carboxylic acids is 1. The number of alkyl halides is 3. The molecule has 0 aliphatic rings. The quantitative estimate of drug-likeness (QED) is 0.758. The van der Waals surface area contributed by atoms with E-state index in [1.807, 2.05) is 0 Å². The monoisotopic (exact) mass is 317 g/mol. The van der Waals surface area contributed by atoms with Crippen LogP contribution in [0, 0.1) is 0 Å². The van der Waals surface area contributed by atoms with Gasteiger partial charge in [-0.25, -0.2) is 0 Å². The van der Waals surface area contributed by atoms with E-state index in [0.29, 0.717) is 24.2 Å². The number of thiophene rings is 1. The molecule has 0 spiro atoms. The van der Waals surface area contributed by atoms with Crippen LogP contribution in [0.15, 0.2) is 18.2 Å². The number of nitrogens with two attached hydrogens (primary N) is 2. The van der Waals surface area contributed by atoms with Crippen LogP contribution in [-0.4, -0.2) is 19.0 Å². The zero-order valence-electron chi connectivity index (χ0n) is 11.0. The molecule has 0 saturated heterocycles. The fourth-order valence-electron chi connectivity index (χ4n) is 1.85. The number of nitrogen functional groups attached to an aromatic ring is 1. The van der Waals surface area contributed by atoms with Gasteiger partial charge in [0.2, 0.25) is 0 Å². The van der Waals surface area contributed by atoms with Gasteiger partial charge < -0.3 is 16.8 Å². The summed E-state index contributed by atoms with van der Waals surface area (Å²) in [5, 5.41) is 2.88. The largest absolute Gasteiger partial charge is 0.416 e. The second kappa shape index (κ2) is 5.90. The Balaban J connectivity index is 2.35. The summed E-state index contributed by atoms with van der Waals surface area (Å²) in [5.74, 6) is -0.393. The Labute approximate surface area is 122 Å². The fourth-order valence-corrected chi connectivity index (χ4v) is 2.87. The average molecular weight is 317 g/mol. The van der Waals surface area contributed by atoms with E-state index in [1.54, 1.807) is 0 Å². The zero-order chi connectivity index (χ0) is 15.6. The van der Waals surface area contributed by atoms with Gasteiger partial charge in [0.1, 0.15) is 4.88 Å². The standard InChI is InChI=1S/C13H14F3N3OS/c14-13(15,16)7-2-3-9-8(6-7)10(18)11(21-9)12(20)19-5-1-4-17/h2-3,6H,1,4-5,17-18H2,(H,19,20). The van der Waals surface area contributed by atoms with Crippen molar-refractivity contribution in [2.45, 2.75) is 12.6 Å². The van der Waals surface area contributed by atoms with Crippen LogP contribution >= 0.6 is 11.3 Å². The average Bonchev–Trinajstić information content (AvgIpc) is 2.75. The first-order valence-electron chi connectivity index (χ1n) is 6.22. The molecular weight excluding hydrogens is 303 g/mol. The molecule has 2 rings (SSSR count). The van der Waals surface area contributed by atoms with E-state index >= 15 is 0 Å². The number of amides is 1. The molecule has 0 fully saturated rings. The molecule has 1 amide bonds. The summed E-state index contributed by atoms with van der Waals surface area (Å²) in [7, 11) is 0. The third-order valence-corrected chi connectivity index (χ3v) is 4.11. The van der Waals surface area contributed by atoms with Gasteiger partial charge in [0, 0.05) is 16.6 Å². The maximum absolute atomic E-state index is 12.7. The first-order valence-corrected chi connectivity index (χ1v) is 7.03. The molecule has 1 heterocycles. The maximum Gasteiger partial charge on any atom is 0.416 e. The van der Waals surface area contributed by atoms with E-state index in [2.05, 4.69) is 5.32 Å². The molecule has 0 atom stereocenters. The Kier molecular flexibility index (Phi) is 4.38. The first-order chi connectivity index (χ1) is 9.84. The van der Waals surface area contributed by atoms with Crippen LogP contribution in [0.2, 0.25) is 0 Å². The highest BCUT2D eigenvalue weighted by Crippen LogP contribution is 2.38. The molecule has 21 heavy (non-hydrogen) atoms. The molecule has 1 aromatic heterocycles. The Morgan fingerprint density at radius 3 is 2.67 bits per heavy atom. The van der Waals surface area contributed by atoms with Crippen molar-refractivity contribution in [3.8, 4) is 0 Å². The summed E-state index contributed by atoms with van der Waals surface area (Å²) >= 11 is 1.07. The van der Waals surface area contributed by atoms with Gasteiger partial charge in [0.05, 0.1) is 11.3 Å². The highest BCUT2D eigenvalue weighted by atomic mass is 32.1. The SMILES string of the molecule is NCCCNC(=O)c1sc2ccc(C(F)(F)F)cc2c1N. The number of benzene rings is 1. The van der Waals surface area contributed by atoms with Crippen molar-refractivity contribution >= 4 is 33.0 Å². The first kappa shape index (κ1) is 15.6. The van der Waals surface area contributed by atoms with Gasteiger partial charge in [-0.1, -0.05) is 0 Å². The van der Waals surface area contributed by atoms with Crippen molar-refractivity contribution in [2.24, 2.45) is 5.73 Å². The van der Waals surface area contributed by atoms with Crippen molar-refractivity contribution in [1.29, 1.82) is 0 Å². The van der Waals surface area contributed by atoms with Crippen molar-refractivity contribution in [1.82, 2.24) is 5.32 Å². The molecule has 8 heteroatoms. The molecule has 0 saturated carbocycles. The number of halogens is 3. The molecule has 114 valence electrons. The molecule has 0 radical (unpaired) electrons. The zero-order valence-corrected chi connectivity index (χ0v) is 11.8. The smallest absolute Gasteiger partial charge is 0.397 e. The lowest BCUT2D eigenvalue weighted by Crippen LogP contribution is -2.25. The van der Waals surface area contributed by atoms with Gasteiger partial charge in [-0.05, 0) is 31.2 Å². The fraction of sp³-hybridized carbons (Fsp3) is 0.308.